The van der Waals surface area contributed by atoms with Crippen molar-refractivity contribution in [1.29, 1.82) is 0 Å². The number of hydrogen-bond acceptors (Lipinski definition) is 2. The monoisotopic (exact) mass is 317 g/mol. The first-order valence-corrected chi connectivity index (χ1v) is 8.15. The number of aromatic nitrogens is 2. The Hall–Kier alpha value is -2.88. The van der Waals surface area contributed by atoms with Gasteiger partial charge in [-0.2, -0.15) is 5.10 Å². The lowest BCUT2D eigenvalue weighted by Gasteiger charge is -2.16. The molecule has 2 aromatic carbocycles. The molecule has 3 aromatic rings. The number of nitrogens with zero attached hydrogens (tertiary/aromatic N) is 2. The highest BCUT2D eigenvalue weighted by molar-refractivity contribution is 5.80. The molecule has 1 aliphatic heterocycles. The Balaban J connectivity index is 1.54. The summed E-state index contributed by atoms with van der Waals surface area (Å²) in [6, 6.07) is 18.2. The molecule has 0 aliphatic carbocycles. The van der Waals surface area contributed by atoms with Crippen LogP contribution in [0.3, 0.4) is 0 Å². The number of benzene rings is 2. The molecule has 2 heterocycles. The SMILES string of the molecule is Cc1cccc(-c2n[nH]c3c2CN(C(=O)Cc2ccccc2)C3)c1. The van der Waals surface area contributed by atoms with Gasteiger partial charge in [-0.25, -0.2) is 0 Å². The van der Waals surface area contributed by atoms with E-state index in [4.69, 9.17) is 0 Å². The highest BCUT2D eigenvalue weighted by Gasteiger charge is 2.28. The summed E-state index contributed by atoms with van der Waals surface area (Å²) in [4.78, 5) is 14.5. The van der Waals surface area contributed by atoms with Crippen molar-refractivity contribution >= 4 is 5.91 Å². The zero-order chi connectivity index (χ0) is 16.5. The molecule has 0 radical (unpaired) electrons. The molecule has 0 unspecified atom stereocenters. The average molecular weight is 317 g/mol. The number of carbonyl (C=O) groups excluding carboxylic acids is 1. The zero-order valence-electron chi connectivity index (χ0n) is 13.6. The fourth-order valence-electron chi connectivity index (χ4n) is 3.23. The van der Waals surface area contributed by atoms with Crippen molar-refractivity contribution in [3.63, 3.8) is 0 Å². The van der Waals surface area contributed by atoms with Crippen molar-refractivity contribution in [2.45, 2.75) is 26.4 Å². The Morgan fingerprint density at radius 1 is 1.12 bits per heavy atom. The molecule has 0 fully saturated rings. The minimum atomic E-state index is 0.154. The molecule has 0 saturated carbocycles. The average Bonchev–Trinajstić information content (AvgIpc) is 3.16. The van der Waals surface area contributed by atoms with Crippen LogP contribution in [-0.2, 0) is 24.3 Å². The predicted octanol–water partition coefficient (Wildman–Crippen LogP) is 3.47. The molecule has 120 valence electrons. The third-order valence-corrected chi connectivity index (χ3v) is 4.49. The van der Waals surface area contributed by atoms with Crippen LogP contribution in [0.5, 0.6) is 0 Å². The number of fused-ring (bicyclic) bond motifs is 1. The maximum atomic E-state index is 12.6. The fraction of sp³-hybridized carbons (Fsp3) is 0.200. The van der Waals surface area contributed by atoms with Gasteiger partial charge in [0.05, 0.1) is 30.9 Å². The summed E-state index contributed by atoms with van der Waals surface area (Å²) in [6.45, 7) is 3.31. The minimum absolute atomic E-state index is 0.154. The lowest BCUT2D eigenvalue weighted by atomic mass is 10.1. The van der Waals surface area contributed by atoms with Crippen molar-refractivity contribution in [1.82, 2.24) is 15.1 Å². The van der Waals surface area contributed by atoms with Gasteiger partial charge in [-0.05, 0) is 18.6 Å². The number of nitrogens with one attached hydrogen (secondary N) is 1. The second kappa shape index (κ2) is 5.96. The van der Waals surface area contributed by atoms with Crippen molar-refractivity contribution in [3.8, 4) is 11.3 Å². The van der Waals surface area contributed by atoms with E-state index in [2.05, 4.69) is 35.3 Å². The maximum absolute atomic E-state index is 12.6. The Morgan fingerprint density at radius 2 is 1.96 bits per heavy atom. The molecule has 4 heteroatoms. The molecular formula is C20H19N3O. The summed E-state index contributed by atoms with van der Waals surface area (Å²) in [5.41, 5.74) is 6.51. The van der Waals surface area contributed by atoms with Crippen molar-refractivity contribution in [2.24, 2.45) is 0 Å². The van der Waals surface area contributed by atoms with Gasteiger partial charge in [0.2, 0.25) is 5.91 Å². The summed E-state index contributed by atoms with van der Waals surface area (Å²) in [5, 5.41) is 7.57. The Kier molecular flexibility index (Phi) is 3.65. The molecule has 1 N–H and O–H groups in total. The van der Waals surface area contributed by atoms with E-state index in [0.717, 1.165) is 28.1 Å². The maximum Gasteiger partial charge on any atom is 0.227 e. The third-order valence-electron chi connectivity index (χ3n) is 4.49. The van der Waals surface area contributed by atoms with Crippen LogP contribution in [0.1, 0.15) is 22.4 Å². The van der Waals surface area contributed by atoms with E-state index in [1.54, 1.807) is 0 Å². The number of amides is 1. The van der Waals surface area contributed by atoms with E-state index in [0.29, 0.717) is 19.5 Å². The van der Waals surface area contributed by atoms with Crippen LogP contribution in [0.15, 0.2) is 54.6 Å². The number of hydrogen-bond donors (Lipinski definition) is 1. The van der Waals surface area contributed by atoms with Gasteiger partial charge in [0.25, 0.3) is 0 Å². The van der Waals surface area contributed by atoms with Crippen LogP contribution in [0.2, 0.25) is 0 Å². The zero-order valence-corrected chi connectivity index (χ0v) is 13.6. The fourth-order valence-corrected chi connectivity index (χ4v) is 3.23. The van der Waals surface area contributed by atoms with E-state index in [9.17, 15) is 4.79 Å². The van der Waals surface area contributed by atoms with E-state index in [-0.39, 0.29) is 5.91 Å². The van der Waals surface area contributed by atoms with Gasteiger partial charge in [0, 0.05) is 11.1 Å². The van der Waals surface area contributed by atoms with E-state index in [1.165, 1.54) is 5.56 Å². The van der Waals surface area contributed by atoms with Crippen molar-refractivity contribution < 1.29 is 4.79 Å². The Labute approximate surface area is 141 Å². The Morgan fingerprint density at radius 3 is 2.75 bits per heavy atom. The second-order valence-electron chi connectivity index (χ2n) is 6.31. The number of aryl methyl sites for hydroxylation is 1. The lowest BCUT2D eigenvalue weighted by Crippen LogP contribution is -2.27. The van der Waals surface area contributed by atoms with Gasteiger partial charge in [-0.3, -0.25) is 9.89 Å². The predicted molar refractivity (Wildman–Crippen MR) is 93.2 cm³/mol. The summed E-state index contributed by atoms with van der Waals surface area (Å²) < 4.78 is 0. The van der Waals surface area contributed by atoms with Gasteiger partial charge in [-0.1, -0.05) is 54.1 Å². The van der Waals surface area contributed by atoms with Gasteiger partial charge >= 0.3 is 0 Å². The van der Waals surface area contributed by atoms with E-state index in [1.807, 2.05) is 41.3 Å². The molecule has 0 spiro atoms. The molecular weight excluding hydrogens is 298 g/mol. The molecule has 0 saturated heterocycles. The number of aromatic amines is 1. The van der Waals surface area contributed by atoms with Crippen LogP contribution in [-0.4, -0.2) is 21.0 Å². The summed E-state index contributed by atoms with van der Waals surface area (Å²) in [6.07, 6.45) is 0.443. The molecule has 0 atom stereocenters. The van der Waals surface area contributed by atoms with Crippen LogP contribution in [0.4, 0.5) is 0 Å². The largest absolute Gasteiger partial charge is 0.332 e. The topological polar surface area (TPSA) is 49.0 Å². The number of rotatable bonds is 3. The minimum Gasteiger partial charge on any atom is -0.332 e. The van der Waals surface area contributed by atoms with Crippen LogP contribution >= 0.6 is 0 Å². The summed E-state index contributed by atoms with van der Waals surface area (Å²) in [5.74, 6) is 0.154. The first-order valence-electron chi connectivity index (χ1n) is 8.15. The van der Waals surface area contributed by atoms with Crippen LogP contribution in [0.25, 0.3) is 11.3 Å². The summed E-state index contributed by atoms with van der Waals surface area (Å²) >= 11 is 0. The highest BCUT2D eigenvalue weighted by Crippen LogP contribution is 2.31. The first-order chi connectivity index (χ1) is 11.7. The Bertz CT molecular complexity index is 883. The first kappa shape index (κ1) is 14.7. The number of H-pyrrole nitrogens is 1. The van der Waals surface area contributed by atoms with Crippen LogP contribution in [0, 0.1) is 6.92 Å². The smallest absolute Gasteiger partial charge is 0.227 e. The van der Waals surface area contributed by atoms with Gasteiger partial charge in [0.1, 0.15) is 0 Å². The number of carbonyl (C=O) groups is 1. The van der Waals surface area contributed by atoms with Gasteiger partial charge in [-0.15, -0.1) is 0 Å². The molecule has 1 amide bonds. The molecule has 1 aromatic heterocycles. The normalized spacial score (nSPS) is 13.1. The van der Waals surface area contributed by atoms with Crippen molar-refractivity contribution in [3.05, 3.63) is 77.0 Å². The molecule has 1 aliphatic rings. The highest BCUT2D eigenvalue weighted by atomic mass is 16.2. The lowest BCUT2D eigenvalue weighted by molar-refractivity contribution is -0.131. The quantitative estimate of drug-likeness (QED) is 0.804. The summed E-state index contributed by atoms with van der Waals surface area (Å²) in [7, 11) is 0. The molecule has 0 bridgehead atoms. The molecule has 4 nitrogen and oxygen atoms in total. The van der Waals surface area contributed by atoms with Gasteiger partial charge in [0.15, 0.2) is 0 Å². The second-order valence-corrected chi connectivity index (χ2v) is 6.31. The van der Waals surface area contributed by atoms with Gasteiger partial charge < -0.3 is 4.90 Å². The molecule has 24 heavy (non-hydrogen) atoms. The standard InChI is InChI=1S/C20H19N3O/c1-14-6-5-9-16(10-14)20-17-12-23(13-18(17)21-22-20)19(24)11-15-7-3-2-4-8-15/h2-10H,11-13H2,1H3,(H,21,22). The molecule has 4 rings (SSSR count). The van der Waals surface area contributed by atoms with E-state index >= 15 is 0 Å². The third kappa shape index (κ3) is 2.71. The van der Waals surface area contributed by atoms with Crippen molar-refractivity contribution in [2.75, 3.05) is 0 Å². The van der Waals surface area contributed by atoms with Crippen LogP contribution < -0.4 is 0 Å². The van der Waals surface area contributed by atoms with E-state index < -0.39 is 0 Å².